The number of hydrogen-bond donors (Lipinski definition) is 2. The lowest BCUT2D eigenvalue weighted by molar-refractivity contribution is -0.380. The number of nitrogens with one attached hydrogen (secondary N) is 1. The van der Waals surface area contributed by atoms with E-state index in [1.807, 2.05) is 0 Å². The maximum Gasteiger partial charge on any atom is 0.324 e. The maximum atomic E-state index is 12.1. The van der Waals surface area contributed by atoms with E-state index in [1.165, 1.54) is 12.1 Å². The van der Waals surface area contributed by atoms with Crippen molar-refractivity contribution in [1.29, 1.82) is 0 Å². The minimum Gasteiger partial charge on any atom is -0.481 e. The molecule has 0 aromatic carbocycles. The molecule has 20 heavy (non-hydrogen) atoms. The molecule has 0 atom stereocenters. The van der Waals surface area contributed by atoms with Gasteiger partial charge in [0.1, 0.15) is 0 Å². The Bertz CT molecular complexity index is 548. The van der Waals surface area contributed by atoms with Crippen LogP contribution in [0.2, 0.25) is 0 Å². The second-order valence-electron chi connectivity index (χ2n) is 4.91. The van der Waals surface area contributed by atoms with Gasteiger partial charge in [-0.3, -0.25) is 19.7 Å². The molecule has 1 aromatic heterocycles. The van der Waals surface area contributed by atoms with E-state index in [0.717, 1.165) is 24.2 Å². The summed E-state index contributed by atoms with van der Waals surface area (Å²) < 4.78 is 0. The van der Waals surface area contributed by atoms with Gasteiger partial charge in [-0.15, -0.1) is 0 Å². The SMILES string of the molecule is O=C(O)CC1(NC(=O)c2ccc([N+](=O)[O-])s2)CCCC1. The minimum absolute atomic E-state index is 0.103. The summed E-state index contributed by atoms with van der Waals surface area (Å²) in [5.74, 6) is -1.39. The Labute approximate surface area is 118 Å². The first-order chi connectivity index (χ1) is 9.42. The predicted molar refractivity (Wildman–Crippen MR) is 71.9 cm³/mol. The van der Waals surface area contributed by atoms with Crippen LogP contribution in [0, 0.1) is 10.1 Å². The van der Waals surface area contributed by atoms with Crippen LogP contribution in [0.1, 0.15) is 41.8 Å². The van der Waals surface area contributed by atoms with Gasteiger partial charge < -0.3 is 10.4 Å². The molecular formula is C12H14N2O5S. The standard InChI is InChI=1S/C12H14N2O5S/c15-10(16)7-12(5-1-2-6-12)13-11(17)8-3-4-9(20-8)14(18)19/h3-4H,1-2,5-7H2,(H,13,17)(H,15,16). The summed E-state index contributed by atoms with van der Waals surface area (Å²) in [6, 6.07) is 2.67. The fraction of sp³-hybridized carbons (Fsp3) is 0.500. The summed E-state index contributed by atoms with van der Waals surface area (Å²) in [5, 5.41) is 22.2. The number of amides is 1. The van der Waals surface area contributed by atoms with Gasteiger partial charge in [-0.1, -0.05) is 24.2 Å². The molecule has 1 aliphatic carbocycles. The number of nitro groups is 1. The molecule has 7 nitrogen and oxygen atoms in total. The molecular weight excluding hydrogens is 284 g/mol. The van der Waals surface area contributed by atoms with Gasteiger partial charge in [-0.2, -0.15) is 0 Å². The van der Waals surface area contributed by atoms with Gasteiger partial charge in [0.25, 0.3) is 5.91 Å². The van der Waals surface area contributed by atoms with Crippen LogP contribution in [-0.4, -0.2) is 27.4 Å². The normalized spacial score (nSPS) is 16.8. The summed E-state index contributed by atoms with van der Waals surface area (Å²) in [5.41, 5.74) is -0.721. The van der Waals surface area contributed by atoms with Crippen molar-refractivity contribution in [3.63, 3.8) is 0 Å². The van der Waals surface area contributed by atoms with E-state index < -0.39 is 22.3 Å². The highest BCUT2D eigenvalue weighted by atomic mass is 32.1. The zero-order valence-electron chi connectivity index (χ0n) is 10.6. The van der Waals surface area contributed by atoms with Crippen molar-refractivity contribution in [3.8, 4) is 0 Å². The first-order valence-corrected chi connectivity index (χ1v) is 7.02. The van der Waals surface area contributed by atoms with Gasteiger partial charge in [0.2, 0.25) is 0 Å². The van der Waals surface area contributed by atoms with Crippen molar-refractivity contribution in [3.05, 3.63) is 27.1 Å². The van der Waals surface area contributed by atoms with E-state index in [0.29, 0.717) is 12.8 Å². The summed E-state index contributed by atoms with van der Waals surface area (Å²) in [6.07, 6.45) is 2.87. The molecule has 8 heteroatoms. The van der Waals surface area contributed by atoms with Gasteiger partial charge in [-0.05, 0) is 18.9 Å². The van der Waals surface area contributed by atoms with Crippen LogP contribution in [0.5, 0.6) is 0 Å². The minimum atomic E-state index is -0.954. The number of thiophene rings is 1. The Balaban J connectivity index is 2.11. The topological polar surface area (TPSA) is 110 Å². The molecule has 0 radical (unpaired) electrons. The highest BCUT2D eigenvalue weighted by molar-refractivity contribution is 7.17. The molecule has 1 saturated carbocycles. The number of rotatable bonds is 5. The van der Waals surface area contributed by atoms with Gasteiger partial charge >= 0.3 is 11.0 Å². The van der Waals surface area contributed by atoms with Crippen LogP contribution in [0.3, 0.4) is 0 Å². The van der Waals surface area contributed by atoms with Gasteiger partial charge in [0.15, 0.2) is 0 Å². The average molecular weight is 298 g/mol. The van der Waals surface area contributed by atoms with Crippen LogP contribution in [0.4, 0.5) is 5.00 Å². The molecule has 1 aliphatic rings. The van der Waals surface area contributed by atoms with Crippen LogP contribution >= 0.6 is 11.3 Å². The van der Waals surface area contributed by atoms with E-state index in [1.54, 1.807) is 0 Å². The number of aliphatic carboxylic acids is 1. The Hall–Kier alpha value is -1.96. The first-order valence-electron chi connectivity index (χ1n) is 6.20. The summed E-state index contributed by atoms with van der Waals surface area (Å²) >= 11 is 0.791. The summed E-state index contributed by atoms with van der Waals surface area (Å²) in [6.45, 7) is 0. The monoisotopic (exact) mass is 298 g/mol. The van der Waals surface area contributed by atoms with Crippen molar-refractivity contribution in [1.82, 2.24) is 5.32 Å². The van der Waals surface area contributed by atoms with Crippen LogP contribution < -0.4 is 5.32 Å². The lowest BCUT2D eigenvalue weighted by Gasteiger charge is -2.28. The Morgan fingerprint density at radius 1 is 1.40 bits per heavy atom. The van der Waals surface area contributed by atoms with Gasteiger partial charge in [-0.25, -0.2) is 0 Å². The number of carbonyl (C=O) groups is 2. The summed E-state index contributed by atoms with van der Waals surface area (Å²) in [4.78, 5) is 33.3. The van der Waals surface area contributed by atoms with Crippen LogP contribution in [0.15, 0.2) is 12.1 Å². The molecule has 0 aliphatic heterocycles. The molecule has 1 amide bonds. The molecule has 1 heterocycles. The Kier molecular flexibility index (Phi) is 4.03. The lowest BCUT2D eigenvalue weighted by Crippen LogP contribution is -2.47. The third-order valence-corrected chi connectivity index (χ3v) is 4.46. The average Bonchev–Trinajstić information content (AvgIpc) is 2.96. The van der Waals surface area contributed by atoms with E-state index in [4.69, 9.17) is 5.11 Å². The third-order valence-electron chi connectivity index (χ3n) is 3.42. The second kappa shape index (κ2) is 5.58. The second-order valence-corrected chi connectivity index (χ2v) is 5.97. The van der Waals surface area contributed by atoms with Crippen molar-refractivity contribution in [2.24, 2.45) is 0 Å². The molecule has 2 rings (SSSR count). The fourth-order valence-corrected chi connectivity index (χ4v) is 3.25. The maximum absolute atomic E-state index is 12.1. The van der Waals surface area contributed by atoms with Crippen molar-refractivity contribution in [2.75, 3.05) is 0 Å². The number of carboxylic acid groups (broad SMARTS) is 1. The van der Waals surface area contributed by atoms with E-state index in [-0.39, 0.29) is 16.3 Å². The highest BCUT2D eigenvalue weighted by Gasteiger charge is 2.38. The molecule has 0 unspecified atom stereocenters. The molecule has 0 saturated heterocycles. The largest absolute Gasteiger partial charge is 0.481 e. The molecule has 108 valence electrons. The molecule has 1 aromatic rings. The van der Waals surface area contributed by atoms with Gasteiger partial charge in [0.05, 0.1) is 21.8 Å². The zero-order chi connectivity index (χ0) is 14.8. The number of carboxylic acids is 1. The Morgan fingerprint density at radius 3 is 2.55 bits per heavy atom. The molecule has 0 bridgehead atoms. The van der Waals surface area contributed by atoms with E-state index in [9.17, 15) is 19.7 Å². The molecule has 1 fully saturated rings. The first kappa shape index (κ1) is 14.4. The third kappa shape index (κ3) is 3.13. The van der Waals surface area contributed by atoms with Crippen molar-refractivity contribution >= 4 is 28.2 Å². The lowest BCUT2D eigenvalue weighted by atomic mass is 9.93. The molecule has 2 N–H and O–H groups in total. The predicted octanol–water partition coefficient (Wildman–Crippen LogP) is 2.17. The number of nitrogens with zero attached hydrogens (tertiary/aromatic N) is 1. The quantitative estimate of drug-likeness (QED) is 0.639. The smallest absolute Gasteiger partial charge is 0.324 e. The fourth-order valence-electron chi connectivity index (χ4n) is 2.54. The van der Waals surface area contributed by atoms with Crippen LogP contribution in [-0.2, 0) is 4.79 Å². The zero-order valence-corrected chi connectivity index (χ0v) is 11.4. The van der Waals surface area contributed by atoms with Crippen molar-refractivity contribution < 1.29 is 19.6 Å². The van der Waals surface area contributed by atoms with Crippen molar-refractivity contribution in [2.45, 2.75) is 37.6 Å². The van der Waals surface area contributed by atoms with Gasteiger partial charge in [0, 0.05) is 6.07 Å². The van der Waals surface area contributed by atoms with E-state index >= 15 is 0 Å². The van der Waals surface area contributed by atoms with Crippen LogP contribution in [0.25, 0.3) is 0 Å². The number of carbonyl (C=O) groups excluding carboxylic acids is 1. The Morgan fingerprint density at radius 2 is 2.05 bits per heavy atom. The number of hydrogen-bond acceptors (Lipinski definition) is 5. The van der Waals surface area contributed by atoms with E-state index in [2.05, 4.69) is 5.32 Å². The molecule has 0 spiro atoms. The highest BCUT2D eigenvalue weighted by Crippen LogP contribution is 2.33. The summed E-state index contributed by atoms with van der Waals surface area (Å²) in [7, 11) is 0.